The second-order valence-electron chi connectivity index (χ2n) is 3.09. The fourth-order valence-corrected chi connectivity index (χ4v) is 1.14. The summed E-state index contributed by atoms with van der Waals surface area (Å²) in [4.78, 5) is 0. The van der Waals surface area contributed by atoms with Crippen molar-refractivity contribution in [3.8, 4) is 5.75 Å². The van der Waals surface area contributed by atoms with E-state index in [1.54, 1.807) is 7.11 Å². The number of unbranched alkanes of at least 4 members (excludes halogenated alkanes) is 1. The van der Waals surface area contributed by atoms with Gasteiger partial charge in [-0.2, -0.15) is 0 Å². The maximum atomic E-state index is 5.71. The van der Waals surface area contributed by atoms with E-state index < -0.39 is 0 Å². The maximum Gasteiger partial charge on any atom is 0.142 e. The fraction of sp³-hybridized carbons (Fsp3) is 0.455. The van der Waals surface area contributed by atoms with E-state index in [9.17, 15) is 0 Å². The summed E-state index contributed by atoms with van der Waals surface area (Å²) >= 11 is 0. The van der Waals surface area contributed by atoms with Crippen LogP contribution in [-0.2, 0) is 4.74 Å². The molecule has 0 atom stereocenters. The average molecular weight is 195 g/mol. The lowest BCUT2D eigenvalue weighted by atomic mass is 10.3. The van der Waals surface area contributed by atoms with Crippen LogP contribution in [0, 0.1) is 0 Å². The second-order valence-corrected chi connectivity index (χ2v) is 3.09. The molecule has 0 aliphatic carbocycles. The van der Waals surface area contributed by atoms with Crippen molar-refractivity contribution in [2.75, 3.05) is 26.1 Å². The summed E-state index contributed by atoms with van der Waals surface area (Å²) < 4.78 is 10.4. The summed E-state index contributed by atoms with van der Waals surface area (Å²) in [6.07, 6.45) is 2.01. The van der Waals surface area contributed by atoms with Crippen LogP contribution in [0.1, 0.15) is 12.8 Å². The average Bonchev–Trinajstić information content (AvgIpc) is 2.20. The van der Waals surface area contributed by atoms with Crippen LogP contribution in [0.4, 0.5) is 5.69 Å². The first-order valence-electron chi connectivity index (χ1n) is 4.81. The molecule has 14 heavy (non-hydrogen) atoms. The van der Waals surface area contributed by atoms with Crippen molar-refractivity contribution in [1.82, 2.24) is 0 Å². The van der Waals surface area contributed by atoms with Crippen LogP contribution in [-0.4, -0.2) is 20.3 Å². The molecule has 0 amide bonds. The quantitative estimate of drug-likeness (QED) is 0.558. The van der Waals surface area contributed by atoms with Gasteiger partial charge in [0, 0.05) is 13.7 Å². The molecule has 78 valence electrons. The zero-order chi connectivity index (χ0) is 10.2. The molecule has 3 nitrogen and oxygen atoms in total. The van der Waals surface area contributed by atoms with Crippen molar-refractivity contribution in [2.24, 2.45) is 0 Å². The van der Waals surface area contributed by atoms with Crippen molar-refractivity contribution < 1.29 is 9.47 Å². The van der Waals surface area contributed by atoms with Crippen LogP contribution in [0.15, 0.2) is 24.3 Å². The SMILES string of the molecule is COCCCCOc1ccccc1N. The molecule has 0 saturated heterocycles. The van der Waals surface area contributed by atoms with Crippen molar-refractivity contribution in [3.63, 3.8) is 0 Å². The Bertz CT molecular complexity index is 263. The van der Waals surface area contributed by atoms with E-state index in [-0.39, 0.29) is 0 Å². The summed E-state index contributed by atoms with van der Waals surface area (Å²) in [6, 6.07) is 7.53. The minimum absolute atomic E-state index is 0.692. The minimum Gasteiger partial charge on any atom is -0.491 e. The van der Waals surface area contributed by atoms with Gasteiger partial charge in [-0.3, -0.25) is 0 Å². The molecule has 0 heterocycles. The second kappa shape index (κ2) is 6.27. The number of benzene rings is 1. The topological polar surface area (TPSA) is 44.5 Å². The third kappa shape index (κ3) is 3.66. The Labute approximate surface area is 84.8 Å². The van der Waals surface area contributed by atoms with Gasteiger partial charge in [-0.15, -0.1) is 0 Å². The molecular formula is C11H17NO2. The molecule has 0 aromatic heterocycles. The van der Waals surface area contributed by atoms with Crippen LogP contribution in [0.2, 0.25) is 0 Å². The first kappa shape index (κ1) is 10.9. The van der Waals surface area contributed by atoms with Crippen LogP contribution in [0.25, 0.3) is 0 Å². The highest BCUT2D eigenvalue weighted by atomic mass is 16.5. The standard InChI is InChI=1S/C11H17NO2/c1-13-8-4-5-9-14-11-7-3-2-6-10(11)12/h2-3,6-7H,4-5,8-9,12H2,1H3. The molecule has 0 radical (unpaired) electrons. The van der Waals surface area contributed by atoms with Gasteiger partial charge < -0.3 is 15.2 Å². The van der Waals surface area contributed by atoms with E-state index >= 15 is 0 Å². The lowest BCUT2D eigenvalue weighted by Gasteiger charge is -2.07. The molecule has 3 heteroatoms. The van der Waals surface area contributed by atoms with E-state index in [0.717, 1.165) is 25.2 Å². The Hall–Kier alpha value is -1.22. The van der Waals surface area contributed by atoms with Gasteiger partial charge in [0.25, 0.3) is 0 Å². The van der Waals surface area contributed by atoms with Gasteiger partial charge in [-0.1, -0.05) is 12.1 Å². The third-order valence-electron chi connectivity index (χ3n) is 1.92. The third-order valence-corrected chi connectivity index (χ3v) is 1.92. The molecule has 0 aliphatic heterocycles. The highest BCUT2D eigenvalue weighted by Gasteiger charge is 1.97. The lowest BCUT2D eigenvalue weighted by molar-refractivity contribution is 0.184. The number of rotatable bonds is 6. The molecule has 0 fully saturated rings. The molecule has 1 aromatic carbocycles. The van der Waals surface area contributed by atoms with Crippen molar-refractivity contribution >= 4 is 5.69 Å². The Balaban J connectivity index is 2.21. The highest BCUT2D eigenvalue weighted by molar-refractivity contribution is 5.51. The van der Waals surface area contributed by atoms with E-state index in [4.69, 9.17) is 15.2 Å². The van der Waals surface area contributed by atoms with E-state index in [0.29, 0.717) is 12.3 Å². The maximum absolute atomic E-state index is 5.71. The molecule has 0 aliphatic rings. The van der Waals surface area contributed by atoms with Crippen molar-refractivity contribution in [1.29, 1.82) is 0 Å². The van der Waals surface area contributed by atoms with Gasteiger partial charge in [0.05, 0.1) is 12.3 Å². The number of methoxy groups -OCH3 is 1. The molecule has 0 bridgehead atoms. The number of para-hydroxylation sites is 2. The number of ether oxygens (including phenoxy) is 2. The molecule has 0 spiro atoms. The Kier molecular flexibility index (Phi) is 4.86. The summed E-state index contributed by atoms with van der Waals surface area (Å²) in [5, 5.41) is 0. The minimum atomic E-state index is 0.692. The Morgan fingerprint density at radius 3 is 2.57 bits per heavy atom. The molecule has 0 saturated carbocycles. The smallest absolute Gasteiger partial charge is 0.142 e. The van der Waals surface area contributed by atoms with E-state index in [1.165, 1.54) is 0 Å². The van der Waals surface area contributed by atoms with Gasteiger partial charge in [0.15, 0.2) is 0 Å². The zero-order valence-electron chi connectivity index (χ0n) is 8.53. The van der Waals surface area contributed by atoms with Crippen LogP contribution >= 0.6 is 0 Å². The van der Waals surface area contributed by atoms with E-state index in [1.807, 2.05) is 24.3 Å². The van der Waals surface area contributed by atoms with Crippen LogP contribution < -0.4 is 10.5 Å². The normalized spacial score (nSPS) is 10.1. The largest absolute Gasteiger partial charge is 0.491 e. The van der Waals surface area contributed by atoms with Gasteiger partial charge in [0.2, 0.25) is 0 Å². The molecule has 1 rings (SSSR count). The van der Waals surface area contributed by atoms with Crippen molar-refractivity contribution in [2.45, 2.75) is 12.8 Å². The number of anilines is 1. The molecule has 2 N–H and O–H groups in total. The summed E-state index contributed by atoms with van der Waals surface area (Å²) in [7, 11) is 1.70. The molecule has 0 unspecified atom stereocenters. The van der Waals surface area contributed by atoms with Gasteiger partial charge >= 0.3 is 0 Å². The Morgan fingerprint density at radius 1 is 1.14 bits per heavy atom. The monoisotopic (exact) mass is 195 g/mol. The van der Waals surface area contributed by atoms with Crippen LogP contribution in [0.3, 0.4) is 0 Å². The number of hydrogen-bond acceptors (Lipinski definition) is 3. The fourth-order valence-electron chi connectivity index (χ4n) is 1.14. The summed E-state index contributed by atoms with van der Waals surface area (Å²) in [5.74, 6) is 0.768. The van der Waals surface area contributed by atoms with Gasteiger partial charge in [-0.05, 0) is 25.0 Å². The van der Waals surface area contributed by atoms with Crippen molar-refractivity contribution in [3.05, 3.63) is 24.3 Å². The number of nitrogen functional groups attached to an aromatic ring is 1. The molecule has 1 aromatic rings. The predicted molar refractivity (Wildman–Crippen MR) is 57.5 cm³/mol. The first-order chi connectivity index (χ1) is 6.84. The summed E-state index contributed by atoms with van der Waals surface area (Å²) in [6.45, 7) is 1.48. The number of hydrogen-bond donors (Lipinski definition) is 1. The Morgan fingerprint density at radius 2 is 1.86 bits per heavy atom. The number of nitrogens with two attached hydrogens (primary N) is 1. The zero-order valence-corrected chi connectivity index (χ0v) is 8.53. The predicted octanol–water partition coefficient (Wildman–Crippen LogP) is 2.07. The molecular weight excluding hydrogens is 178 g/mol. The van der Waals surface area contributed by atoms with Gasteiger partial charge in [0.1, 0.15) is 5.75 Å². The summed E-state index contributed by atoms with van der Waals surface area (Å²) in [5.41, 5.74) is 6.41. The van der Waals surface area contributed by atoms with E-state index in [2.05, 4.69) is 0 Å². The lowest BCUT2D eigenvalue weighted by Crippen LogP contribution is -2.01. The highest BCUT2D eigenvalue weighted by Crippen LogP contribution is 2.19. The van der Waals surface area contributed by atoms with Gasteiger partial charge in [-0.25, -0.2) is 0 Å². The first-order valence-corrected chi connectivity index (χ1v) is 4.81. The van der Waals surface area contributed by atoms with Crippen LogP contribution in [0.5, 0.6) is 5.75 Å².